The van der Waals surface area contributed by atoms with Gasteiger partial charge in [-0.2, -0.15) is 0 Å². The van der Waals surface area contributed by atoms with E-state index in [1.807, 2.05) is 6.92 Å². The van der Waals surface area contributed by atoms with E-state index in [9.17, 15) is 4.79 Å². The maximum Gasteiger partial charge on any atom is 0.322 e. The number of carbonyl (C=O) groups excluding carboxylic acids is 1. The molecule has 1 N–H and O–H groups in total. The number of likely N-dealkylation sites (tertiary alicyclic amines) is 1. The minimum Gasteiger partial charge on any atom is -0.468 e. The summed E-state index contributed by atoms with van der Waals surface area (Å²) in [5.41, 5.74) is 0. The number of nitrogens with one attached hydrogen (secondary N) is 1. The van der Waals surface area contributed by atoms with Gasteiger partial charge in [0.15, 0.2) is 0 Å². The molecule has 2 rings (SSSR count). The number of rotatable bonds is 2. The van der Waals surface area contributed by atoms with Gasteiger partial charge in [0, 0.05) is 25.2 Å². The van der Waals surface area contributed by atoms with E-state index >= 15 is 0 Å². The van der Waals surface area contributed by atoms with Gasteiger partial charge in [0.25, 0.3) is 0 Å². The van der Waals surface area contributed by atoms with E-state index in [1.165, 1.54) is 20.0 Å². The molecule has 0 aromatic heterocycles. The van der Waals surface area contributed by atoms with Crippen molar-refractivity contribution in [2.24, 2.45) is 0 Å². The maximum atomic E-state index is 11.4. The topological polar surface area (TPSA) is 41.6 Å². The first-order valence-electron chi connectivity index (χ1n) is 5.78. The van der Waals surface area contributed by atoms with Crippen LogP contribution in [0.5, 0.6) is 0 Å². The first kappa shape index (κ1) is 10.9. The third-order valence-corrected chi connectivity index (χ3v) is 3.64. The molecule has 3 atom stereocenters. The van der Waals surface area contributed by atoms with Crippen molar-refractivity contribution in [3.8, 4) is 0 Å². The fraction of sp³-hybridized carbons (Fsp3) is 0.909. The molecule has 2 aliphatic heterocycles. The predicted molar refractivity (Wildman–Crippen MR) is 57.6 cm³/mol. The van der Waals surface area contributed by atoms with Crippen molar-refractivity contribution in [3.05, 3.63) is 0 Å². The van der Waals surface area contributed by atoms with E-state index in [0.717, 1.165) is 19.5 Å². The summed E-state index contributed by atoms with van der Waals surface area (Å²) in [7, 11) is 1.46. The largest absolute Gasteiger partial charge is 0.468 e. The summed E-state index contributed by atoms with van der Waals surface area (Å²) in [5.74, 6) is -0.118. The zero-order chi connectivity index (χ0) is 10.8. The SMILES string of the molecule is COC(=O)C(C)N1CCC2CCC(C1)N2. The van der Waals surface area contributed by atoms with Gasteiger partial charge in [0.1, 0.15) is 6.04 Å². The van der Waals surface area contributed by atoms with Crippen LogP contribution in [0.3, 0.4) is 0 Å². The summed E-state index contributed by atoms with van der Waals surface area (Å²) in [6.07, 6.45) is 3.69. The number of nitrogens with zero attached hydrogens (tertiary/aromatic N) is 1. The monoisotopic (exact) mass is 212 g/mol. The van der Waals surface area contributed by atoms with E-state index in [2.05, 4.69) is 10.2 Å². The molecule has 2 fully saturated rings. The van der Waals surface area contributed by atoms with Gasteiger partial charge < -0.3 is 10.1 Å². The second-order valence-corrected chi connectivity index (χ2v) is 4.62. The van der Waals surface area contributed by atoms with Crippen LogP contribution in [0.25, 0.3) is 0 Å². The third kappa shape index (κ3) is 2.32. The molecule has 0 radical (unpaired) electrons. The van der Waals surface area contributed by atoms with Crippen molar-refractivity contribution in [2.75, 3.05) is 20.2 Å². The van der Waals surface area contributed by atoms with Gasteiger partial charge in [-0.15, -0.1) is 0 Å². The van der Waals surface area contributed by atoms with Gasteiger partial charge in [-0.3, -0.25) is 9.69 Å². The van der Waals surface area contributed by atoms with Crippen LogP contribution < -0.4 is 5.32 Å². The van der Waals surface area contributed by atoms with Crippen molar-refractivity contribution >= 4 is 5.97 Å². The highest BCUT2D eigenvalue weighted by atomic mass is 16.5. The van der Waals surface area contributed by atoms with E-state index in [0.29, 0.717) is 12.1 Å². The molecule has 4 heteroatoms. The minimum absolute atomic E-state index is 0.101. The Hall–Kier alpha value is -0.610. The quantitative estimate of drug-likeness (QED) is 0.672. The third-order valence-electron chi connectivity index (χ3n) is 3.64. The van der Waals surface area contributed by atoms with Gasteiger partial charge in [-0.1, -0.05) is 0 Å². The summed E-state index contributed by atoms with van der Waals surface area (Å²) in [4.78, 5) is 13.7. The molecule has 0 saturated carbocycles. The number of fused-ring (bicyclic) bond motifs is 2. The normalized spacial score (nSPS) is 33.5. The van der Waals surface area contributed by atoms with Crippen LogP contribution in [0.15, 0.2) is 0 Å². The minimum atomic E-state index is -0.118. The Labute approximate surface area is 91.0 Å². The second-order valence-electron chi connectivity index (χ2n) is 4.62. The van der Waals surface area contributed by atoms with E-state index in [-0.39, 0.29) is 12.0 Å². The van der Waals surface area contributed by atoms with Crippen LogP contribution in [-0.2, 0) is 9.53 Å². The van der Waals surface area contributed by atoms with Gasteiger partial charge in [-0.05, 0) is 26.2 Å². The standard InChI is InChI=1S/C11H20N2O2/c1-8(11(14)15-2)13-6-5-9-3-4-10(7-13)12-9/h8-10,12H,3-7H2,1-2H3. The lowest BCUT2D eigenvalue weighted by Gasteiger charge is -2.28. The molecule has 2 heterocycles. The molecule has 2 bridgehead atoms. The first-order valence-corrected chi connectivity index (χ1v) is 5.78. The van der Waals surface area contributed by atoms with E-state index < -0.39 is 0 Å². The first-order chi connectivity index (χ1) is 7.20. The average Bonchev–Trinajstić information content (AvgIpc) is 2.56. The van der Waals surface area contributed by atoms with Gasteiger partial charge in [-0.25, -0.2) is 0 Å². The molecule has 15 heavy (non-hydrogen) atoms. The number of methoxy groups -OCH3 is 1. The van der Waals surface area contributed by atoms with Crippen molar-refractivity contribution in [2.45, 2.75) is 44.3 Å². The lowest BCUT2D eigenvalue weighted by molar-refractivity contribution is -0.146. The molecule has 0 spiro atoms. The Balaban J connectivity index is 1.95. The van der Waals surface area contributed by atoms with Crippen molar-refractivity contribution in [1.29, 1.82) is 0 Å². The Morgan fingerprint density at radius 3 is 2.87 bits per heavy atom. The predicted octanol–water partition coefficient (Wildman–Crippen LogP) is 0.374. The number of hydrogen-bond donors (Lipinski definition) is 1. The summed E-state index contributed by atoms with van der Waals surface area (Å²) >= 11 is 0. The molecule has 86 valence electrons. The summed E-state index contributed by atoms with van der Waals surface area (Å²) in [6, 6.07) is 1.14. The molecule has 0 aliphatic carbocycles. The van der Waals surface area contributed by atoms with Gasteiger partial charge in [0.05, 0.1) is 7.11 Å². The zero-order valence-electron chi connectivity index (χ0n) is 9.53. The second kappa shape index (κ2) is 4.49. The molecule has 3 unspecified atom stereocenters. The molecular weight excluding hydrogens is 192 g/mol. The zero-order valence-corrected chi connectivity index (χ0v) is 9.53. The van der Waals surface area contributed by atoms with Crippen LogP contribution in [0.2, 0.25) is 0 Å². The number of hydrogen-bond acceptors (Lipinski definition) is 4. The summed E-state index contributed by atoms with van der Waals surface area (Å²) in [6.45, 7) is 3.92. The highest BCUT2D eigenvalue weighted by molar-refractivity contribution is 5.75. The van der Waals surface area contributed by atoms with Gasteiger partial charge in [0.2, 0.25) is 0 Å². The highest BCUT2D eigenvalue weighted by Crippen LogP contribution is 2.21. The number of ether oxygens (including phenoxy) is 1. The van der Waals surface area contributed by atoms with Gasteiger partial charge >= 0.3 is 5.97 Å². The molecule has 0 amide bonds. The summed E-state index contributed by atoms with van der Waals surface area (Å²) < 4.78 is 4.79. The van der Waals surface area contributed by atoms with Crippen molar-refractivity contribution < 1.29 is 9.53 Å². The smallest absolute Gasteiger partial charge is 0.322 e. The molecule has 2 aliphatic rings. The fourth-order valence-corrected chi connectivity index (χ4v) is 2.64. The van der Waals surface area contributed by atoms with Crippen molar-refractivity contribution in [3.63, 3.8) is 0 Å². The average molecular weight is 212 g/mol. The Morgan fingerprint density at radius 1 is 1.40 bits per heavy atom. The lowest BCUT2D eigenvalue weighted by Crippen LogP contribution is -2.44. The van der Waals surface area contributed by atoms with E-state index in [4.69, 9.17) is 4.74 Å². The molecule has 2 saturated heterocycles. The van der Waals surface area contributed by atoms with E-state index in [1.54, 1.807) is 0 Å². The van der Waals surface area contributed by atoms with Crippen molar-refractivity contribution in [1.82, 2.24) is 10.2 Å². The lowest BCUT2D eigenvalue weighted by atomic mass is 10.1. The molecule has 0 aromatic rings. The number of carbonyl (C=O) groups is 1. The number of esters is 1. The molecule has 0 aromatic carbocycles. The van der Waals surface area contributed by atoms with Crippen LogP contribution in [-0.4, -0.2) is 49.2 Å². The Morgan fingerprint density at radius 2 is 2.13 bits per heavy atom. The highest BCUT2D eigenvalue weighted by Gasteiger charge is 2.32. The summed E-state index contributed by atoms with van der Waals surface area (Å²) in [5, 5.41) is 3.60. The van der Waals surface area contributed by atoms with Crippen LogP contribution in [0, 0.1) is 0 Å². The van der Waals surface area contributed by atoms with Crippen LogP contribution in [0.1, 0.15) is 26.2 Å². The molecule has 4 nitrogen and oxygen atoms in total. The Kier molecular flexibility index (Phi) is 3.26. The maximum absolute atomic E-state index is 11.4. The Bertz CT molecular complexity index is 245. The van der Waals surface area contributed by atoms with Crippen LogP contribution >= 0.6 is 0 Å². The molecular formula is C11H20N2O2. The van der Waals surface area contributed by atoms with Crippen LogP contribution in [0.4, 0.5) is 0 Å². The fourth-order valence-electron chi connectivity index (χ4n) is 2.64.